The molecule has 0 saturated carbocycles. The Morgan fingerprint density at radius 2 is 1.57 bits per heavy atom. The van der Waals surface area contributed by atoms with Gasteiger partial charge in [0, 0.05) is 13.0 Å². The molecular weight excluding hydrogens is 593 g/mol. The summed E-state index contributed by atoms with van der Waals surface area (Å²) >= 11 is 0. The summed E-state index contributed by atoms with van der Waals surface area (Å²) in [4.78, 5) is 26.2. The van der Waals surface area contributed by atoms with Crippen LogP contribution in [0.2, 0.25) is 0 Å². The number of esters is 1. The van der Waals surface area contributed by atoms with Gasteiger partial charge in [0.25, 0.3) is 0 Å². The Morgan fingerprint density at radius 3 is 2.23 bits per heavy atom. The maximum atomic E-state index is 13.5. The molecule has 44 heavy (non-hydrogen) atoms. The highest BCUT2D eigenvalue weighted by atomic mass is 35.5. The van der Waals surface area contributed by atoms with Gasteiger partial charge in [0.05, 0.1) is 12.7 Å². The first-order valence-electron chi connectivity index (χ1n) is 13.9. The zero-order valence-corrected chi connectivity index (χ0v) is 24.7. The second kappa shape index (κ2) is 14.4. The molecule has 0 aliphatic carbocycles. The van der Waals surface area contributed by atoms with Crippen molar-refractivity contribution in [3.8, 4) is 16.9 Å². The highest BCUT2D eigenvalue weighted by molar-refractivity contribution is 5.89. The summed E-state index contributed by atoms with van der Waals surface area (Å²) < 4.78 is 49.4. The molecule has 1 unspecified atom stereocenters. The summed E-state index contributed by atoms with van der Waals surface area (Å²) in [5, 5.41) is 6.08. The fourth-order valence-electron chi connectivity index (χ4n) is 5.10. The first-order chi connectivity index (χ1) is 20.7. The van der Waals surface area contributed by atoms with Gasteiger partial charge in [0.2, 0.25) is 5.91 Å². The fraction of sp³-hybridized carbons (Fsp3) is 0.235. The molecule has 4 aromatic carbocycles. The summed E-state index contributed by atoms with van der Waals surface area (Å²) in [7, 11) is 1.29. The fourth-order valence-corrected chi connectivity index (χ4v) is 5.10. The van der Waals surface area contributed by atoms with Crippen LogP contribution in [0.15, 0.2) is 97.1 Å². The molecule has 5 rings (SSSR count). The van der Waals surface area contributed by atoms with Crippen LogP contribution in [0.4, 0.5) is 13.2 Å². The molecule has 0 aromatic heterocycles. The van der Waals surface area contributed by atoms with Gasteiger partial charge in [-0.1, -0.05) is 72.8 Å². The molecule has 2 atom stereocenters. The Kier molecular flexibility index (Phi) is 10.7. The number of ether oxygens (including phenoxy) is 2. The summed E-state index contributed by atoms with van der Waals surface area (Å²) in [6.07, 6.45) is -3.45. The van der Waals surface area contributed by atoms with Crippen LogP contribution >= 0.6 is 12.4 Å². The van der Waals surface area contributed by atoms with E-state index in [-0.39, 0.29) is 31.3 Å². The number of hydrogen-bond donors (Lipinski definition) is 2. The molecule has 0 bridgehead atoms. The third kappa shape index (κ3) is 7.98. The smallest absolute Gasteiger partial charge is 0.416 e. The summed E-state index contributed by atoms with van der Waals surface area (Å²) in [6, 6.07) is 26.3. The number of amides is 1. The average Bonchev–Trinajstić information content (AvgIpc) is 3.03. The van der Waals surface area contributed by atoms with Gasteiger partial charge in [-0.25, -0.2) is 4.79 Å². The van der Waals surface area contributed by atoms with Crippen molar-refractivity contribution in [3.05, 3.63) is 125 Å². The van der Waals surface area contributed by atoms with Gasteiger partial charge in [-0.05, 0) is 64.1 Å². The van der Waals surface area contributed by atoms with Crippen molar-refractivity contribution in [1.82, 2.24) is 10.6 Å². The lowest BCUT2D eigenvalue weighted by Crippen LogP contribution is -2.49. The molecular formula is C34H32ClF3N2O4. The van der Waals surface area contributed by atoms with Crippen molar-refractivity contribution in [3.63, 3.8) is 0 Å². The molecule has 0 spiro atoms. The summed E-state index contributed by atoms with van der Waals surface area (Å²) in [5.74, 6) is -0.453. The zero-order chi connectivity index (χ0) is 30.4. The predicted octanol–water partition coefficient (Wildman–Crippen LogP) is 6.46. The van der Waals surface area contributed by atoms with E-state index >= 15 is 0 Å². The van der Waals surface area contributed by atoms with Crippen molar-refractivity contribution in [2.24, 2.45) is 0 Å². The normalized spacial score (nSPS) is 14.9. The van der Waals surface area contributed by atoms with E-state index in [1.165, 1.54) is 19.2 Å². The molecule has 6 nitrogen and oxygen atoms in total. The standard InChI is InChI=1S/C34H31F3N2O4.ClH/c1-42-33(41)30(19-22-7-11-25(12-8-22)24-5-3-2-4-6-24)39-32(40)31-29-20-28(16-13-26(29)17-18-38-31)43-21-23-9-14-27(15-10-23)34(35,36)37;/h2-16,20,30-31,38H,17-19,21H2,1H3,(H,39,40);1H/t30-,31?;/m0./s1. The number of methoxy groups -OCH3 is 1. The molecule has 230 valence electrons. The Bertz CT molecular complexity index is 1560. The molecule has 1 aliphatic heterocycles. The van der Waals surface area contributed by atoms with Crippen LogP contribution in [0, 0.1) is 0 Å². The second-order valence-corrected chi connectivity index (χ2v) is 10.3. The van der Waals surface area contributed by atoms with E-state index in [1.807, 2.05) is 60.7 Å². The predicted molar refractivity (Wildman–Crippen MR) is 163 cm³/mol. The van der Waals surface area contributed by atoms with E-state index in [2.05, 4.69) is 10.6 Å². The number of fused-ring (bicyclic) bond motifs is 1. The lowest BCUT2D eigenvalue weighted by molar-refractivity contribution is -0.145. The van der Waals surface area contributed by atoms with Crippen molar-refractivity contribution in [2.75, 3.05) is 13.7 Å². The molecule has 2 N–H and O–H groups in total. The summed E-state index contributed by atoms with van der Waals surface area (Å²) in [6.45, 7) is 0.634. The van der Waals surface area contributed by atoms with Crippen LogP contribution in [0.1, 0.15) is 33.9 Å². The number of benzene rings is 4. The molecule has 4 aromatic rings. The number of halogens is 4. The second-order valence-electron chi connectivity index (χ2n) is 10.3. The van der Waals surface area contributed by atoms with E-state index in [4.69, 9.17) is 9.47 Å². The van der Waals surface area contributed by atoms with Crippen molar-refractivity contribution in [2.45, 2.75) is 37.7 Å². The van der Waals surface area contributed by atoms with E-state index in [9.17, 15) is 22.8 Å². The lowest BCUT2D eigenvalue weighted by atomic mass is 9.93. The lowest BCUT2D eigenvalue weighted by Gasteiger charge is -2.28. The number of nitrogens with one attached hydrogen (secondary N) is 2. The number of rotatable bonds is 9. The first kappa shape index (κ1) is 32.6. The summed E-state index contributed by atoms with van der Waals surface area (Å²) in [5.41, 5.74) is 4.52. The third-order valence-corrected chi connectivity index (χ3v) is 7.42. The molecule has 0 radical (unpaired) electrons. The Morgan fingerprint density at radius 1 is 0.909 bits per heavy atom. The maximum Gasteiger partial charge on any atom is 0.416 e. The minimum Gasteiger partial charge on any atom is -0.489 e. The Balaban J connectivity index is 0.00000442. The van der Waals surface area contributed by atoms with E-state index < -0.39 is 29.8 Å². The van der Waals surface area contributed by atoms with Crippen LogP contribution in [0.25, 0.3) is 11.1 Å². The van der Waals surface area contributed by atoms with E-state index in [0.29, 0.717) is 29.8 Å². The van der Waals surface area contributed by atoms with Gasteiger partial charge >= 0.3 is 12.1 Å². The van der Waals surface area contributed by atoms with Crippen LogP contribution in [0.3, 0.4) is 0 Å². The van der Waals surface area contributed by atoms with Crippen molar-refractivity contribution >= 4 is 24.3 Å². The quantitative estimate of drug-likeness (QED) is 0.209. The Labute approximate surface area is 260 Å². The van der Waals surface area contributed by atoms with Crippen LogP contribution in [-0.2, 0) is 40.0 Å². The van der Waals surface area contributed by atoms with Gasteiger partial charge < -0.3 is 20.1 Å². The van der Waals surface area contributed by atoms with Gasteiger partial charge in [0.1, 0.15) is 24.4 Å². The van der Waals surface area contributed by atoms with Crippen LogP contribution in [-0.4, -0.2) is 31.6 Å². The molecule has 0 saturated heterocycles. The first-order valence-corrected chi connectivity index (χ1v) is 13.9. The van der Waals surface area contributed by atoms with Crippen molar-refractivity contribution in [1.29, 1.82) is 0 Å². The number of carbonyl (C=O) groups excluding carboxylic acids is 2. The molecule has 0 fully saturated rings. The molecule has 1 amide bonds. The van der Waals surface area contributed by atoms with Crippen LogP contribution in [0.5, 0.6) is 5.75 Å². The maximum absolute atomic E-state index is 13.5. The van der Waals surface area contributed by atoms with Crippen LogP contribution < -0.4 is 15.4 Å². The highest BCUT2D eigenvalue weighted by Crippen LogP contribution is 2.30. The zero-order valence-electron chi connectivity index (χ0n) is 23.9. The number of alkyl halides is 3. The van der Waals surface area contributed by atoms with Gasteiger partial charge in [0.15, 0.2) is 0 Å². The number of carbonyl (C=O) groups is 2. The largest absolute Gasteiger partial charge is 0.489 e. The molecule has 1 aliphatic rings. The minimum absolute atomic E-state index is 0. The average molecular weight is 625 g/mol. The molecule has 10 heteroatoms. The van der Waals surface area contributed by atoms with E-state index in [0.717, 1.165) is 34.4 Å². The van der Waals surface area contributed by atoms with Gasteiger partial charge in [-0.3, -0.25) is 4.79 Å². The number of hydrogen-bond acceptors (Lipinski definition) is 5. The SMILES string of the molecule is COC(=O)[C@H](Cc1ccc(-c2ccccc2)cc1)NC(=O)C1NCCc2ccc(OCc3ccc(C(F)(F)F)cc3)cc21.Cl. The topological polar surface area (TPSA) is 76.7 Å². The minimum atomic E-state index is -4.40. The molecule has 1 heterocycles. The highest BCUT2D eigenvalue weighted by Gasteiger charge is 2.31. The Hall–Kier alpha value is -4.34. The van der Waals surface area contributed by atoms with Gasteiger partial charge in [-0.15, -0.1) is 12.4 Å². The van der Waals surface area contributed by atoms with Crippen molar-refractivity contribution < 1.29 is 32.2 Å². The van der Waals surface area contributed by atoms with Gasteiger partial charge in [-0.2, -0.15) is 13.2 Å². The monoisotopic (exact) mass is 624 g/mol. The third-order valence-electron chi connectivity index (χ3n) is 7.42. The van der Waals surface area contributed by atoms with E-state index in [1.54, 1.807) is 12.1 Å².